The molecule has 0 aromatic rings. The molecule has 29 heavy (non-hydrogen) atoms. The van der Waals surface area contributed by atoms with E-state index in [1.165, 1.54) is 0 Å². The number of rotatable bonds is 12. The van der Waals surface area contributed by atoms with E-state index in [4.69, 9.17) is 0 Å². The average molecular weight is 814 g/mol. The zero-order valence-electron chi connectivity index (χ0n) is 14.3. The third kappa shape index (κ3) is 58.4. The van der Waals surface area contributed by atoms with Gasteiger partial charge in [-0.15, -0.1) is 0 Å². The van der Waals surface area contributed by atoms with Gasteiger partial charge < -0.3 is 73.6 Å². The van der Waals surface area contributed by atoms with Crippen LogP contribution >= 0.6 is 0 Å². The molecule has 0 rings (SSSR count). The molecule has 0 spiro atoms. The molecule has 0 aromatic heterocycles. The van der Waals surface area contributed by atoms with Crippen molar-refractivity contribution in [1.82, 2.24) is 0 Å². The topological polar surface area (TPSA) is 268 Å². The van der Waals surface area contributed by atoms with Crippen LogP contribution in [-0.4, -0.2) is 128 Å². The number of carboxylic acid groups (broad SMARTS) is 6. The van der Waals surface area contributed by atoms with E-state index >= 15 is 0 Å². The molecule has 0 fully saturated rings. The Bertz CT molecular complexity index is 394. The Morgan fingerprint density at radius 1 is 0.379 bits per heavy atom. The second-order valence-corrected chi connectivity index (χ2v) is 3.71. The summed E-state index contributed by atoms with van der Waals surface area (Å²) in [6.45, 7) is -4.29. The Balaban J connectivity index is -0.0000000960. The summed E-state index contributed by atoms with van der Waals surface area (Å²) in [6, 6.07) is 0. The van der Waals surface area contributed by atoms with Gasteiger partial charge in [0, 0.05) is 0 Å². The van der Waals surface area contributed by atoms with Crippen LogP contribution in [0.1, 0.15) is 0 Å². The molecule has 0 unspecified atom stereocenters. The van der Waals surface area contributed by atoms with Crippen LogP contribution in [0.3, 0.4) is 0 Å². The normalized spacial score (nSPS) is 8.28. The molecule has 0 atom stereocenters. The SMILES string of the molecule is O=C([O-])COCC(=O)[O-].O=C([O-])COCC(=O)[O-].O=C([O-])COCC(=O)[O-].[Bi+3].[Bi+3]. The summed E-state index contributed by atoms with van der Waals surface area (Å²) >= 11 is 0. The van der Waals surface area contributed by atoms with Gasteiger partial charge in [0.05, 0.1) is 75.5 Å². The van der Waals surface area contributed by atoms with Crippen molar-refractivity contribution in [2.24, 2.45) is 0 Å². The first kappa shape index (κ1) is 38.1. The summed E-state index contributed by atoms with van der Waals surface area (Å²) in [5, 5.41) is 57.2. The molecule has 0 aliphatic heterocycles. The van der Waals surface area contributed by atoms with Crippen molar-refractivity contribution < 1.29 is 73.6 Å². The number of hydrogen-bond donors (Lipinski definition) is 0. The molecule has 0 heterocycles. The molecular formula is C12H12Bi2O15. The molecule has 0 saturated heterocycles. The third-order valence-electron chi connectivity index (χ3n) is 1.32. The van der Waals surface area contributed by atoms with Crippen molar-refractivity contribution in [2.45, 2.75) is 0 Å². The molecule has 0 aliphatic carbocycles. The molecule has 17 heteroatoms. The van der Waals surface area contributed by atoms with Crippen molar-refractivity contribution in [3.63, 3.8) is 0 Å². The maximum absolute atomic E-state index is 9.53. The van der Waals surface area contributed by atoms with Gasteiger partial charge in [0.15, 0.2) is 0 Å². The summed E-state index contributed by atoms with van der Waals surface area (Å²) in [7, 11) is 0. The van der Waals surface area contributed by atoms with E-state index in [2.05, 4.69) is 14.2 Å². The zero-order chi connectivity index (χ0) is 21.8. The van der Waals surface area contributed by atoms with E-state index < -0.39 is 75.5 Å². The molecule has 0 N–H and O–H groups in total. The smallest absolute Gasteiger partial charge is 0.548 e. The monoisotopic (exact) mass is 814 g/mol. The van der Waals surface area contributed by atoms with Crippen LogP contribution in [0, 0.1) is 0 Å². The number of aliphatic carboxylic acids is 6. The fourth-order valence-corrected chi connectivity index (χ4v) is 0.653. The number of carbonyl (C=O) groups excluding carboxylic acids is 6. The summed E-state index contributed by atoms with van der Waals surface area (Å²) in [6.07, 6.45) is 0. The average Bonchev–Trinajstić information content (AvgIpc) is 2.46. The summed E-state index contributed by atoms with van der Waals surface area (Å²) in [5.41, 5.74) is 0. The van der Waals surface area contributed by atoms with Crippen LogP contribution in [0.4, 0.5) is 0 Å². The Hall–Kier alpha value is -1.53. The first-order valence-corrected chi connectivity index (χ1v) is 6.30. The van der Waals surface area contributed by atoms with E-state index in [9.17, 15) is 59.4 Å². The van der Waals surface area contributed by atoms with Gasteiger partial charge in [0.1, 0.15) is 0 Å². The van der Waals surface area contributed by atoms with Gasteiger partial charge >= 0.3 is 52.4 Å². The maximum Gasteiger partial charge on any atom is 3.00 e. The number of carbonyl (C=O) groups is 6. The zero-order valence-corrected chi connectivity index (χ0v) is 21.2. The maximum atomic E-state index is 9.53. The van der Waals surface area contributed by atoms with Crippen LogP contribution in [0.5, 0.6) is 0 Å². The third-order valence-corrected chi connectivity index (χ3v) is 1.32. The van der Waals surface area contributed by atoms with E-state index in [0.717, 1.165) is 0 Å². The fourth-order valence-electron chi connectivity index (χ4n) is 0.653. The van der Waals surface area contributed by atoms with Crippen molar-refractivity contribution >= 4 is 88.2 Å². The Labute approximate surface area is 200 Å². The van der Waals surface area contributed by atoms with Crippen molar-refractivity contribution in [1.29, 1.82) is 0 Å². The first-order valence-electron chi connectivity index (χ1n) is 6.30. The van der Waals surface area contributed by atoms with Crippen LogP contribution in [0.15, 0.2) is 0 Å². The van der Waals surface area contributed by atoms with Crippen molar-refractivity contribution in [2.75, 3.05) is 39.6 Å². The number of hydrogen-bond acceptors (Lipinski definition) is 15. The summed E-state index contributed by atoms with van der Waals surface area (Å²) in [4.78, 5) is 57.2. The van der Waals surface area contributed by atoms with E-state index in [-0.39, 0.29) is 52.4 Å². The van der Waals surface area contributed by atoms with Crippen LogP contribution in [-0.2, 0) is 43.0 Å². The standard InChI is InChI=1S/3C4H6O5.2Bi/c3*5-3(6)1-9-2-4(7)8;;/h3*1-2H2,(H,5,6)(H,7,8);;/q;;;2*+3/p-6. The van der Waals surface area contributed by atoms with Gasteiger partial charge in [-0.05, 0) is 0 Å². The molecule has 0 aromatic carbocycles. The van der Waals surface area contributed by atoms with Gasteiger partial charge in [0.25, 0.3) is 0 Å². The van der Waals surface area contributed by atoms with Gasteiger partial charge in [0.2, 0.25) is 0 Å². The van der Waals surface area contributed by atoms with E-state index in [1.807, 2.05) is 0 Å². The van der Waals surface area contributed by atoms with E-state index in [1.54, 1.807) is 0 Å². The molecule has 0 aliphatic rings. The Morgan fingerprint density at radius 2 is 0.483 bits per heavy atom. The Kier molecular flexibility index (Phi) is 34.8. The largest absolute Gasteiger partial charge is 3.00 e. The Morgan fingerprint density at radius 3 is 0.552 bits per heavy atom. The minimum Gasteiger partial charge on any atom is -0.548 e. The van der Waals surface area contributed by atoms with E-state index in [0.29, 0.717) is 0 Å². The summed E-state index contributed by atoms with van der Waals surface area (Å²) < 4.78 is 12.1. The van der Waals surface area contributed by atoms with Crippen LogP contribution < -0.4 is 30.6 Å². The van der Waals surface area contributed by atoms with Crippen molar-refractivity contribution in [3.8, 4) is 0 Å². The molecule has 0 amide bonds. The summed E-state index contributed by atoms with van der Waals surface area (Å²) in [5.74, 6) is -8.69. The second-order valence-electron chi connectivity index (χ2n) is 3.71. The minimum atomic E-state index is -1.45. The van der Waals surface area contributed by atoms with Gasteiger partial charge in [-0.2, -0.15) is 0 Å². The number of ether oxygens (including phenoxy) is 3. The predicted octanol–water partition coefficient (Wildman–Crippen LogP) is -11.3. The quantitative estimate of drug-likeness (QED) is 0.166. The van der Waals surface area contributed by atoms with Crippen molar-refractivity contribution in [3.05, 3.63) is 0 Å². The van der Waals surface area contributed by atoms with Crippen LogP contribution in [0.25, 0.3) is 0 Å². The molecular weight excluding hydrogens is 802 g/mol. The fraction of sp³-hybridized carbons (Fsp3) is 0.500. The molecule has 0 saturated carbocycles. The van der Waals surface area contributed by atoms with Gasteiger partial charge in [-0.25, -0.2) is 0 Å². The molecule has 4 radical (unpaired) electrons. The molecule has 15 nitrogen and oxygen atoms in total. The van der Waals surface area contributed by atoms with Gasteiger partial charge in [-0.1, -0.05) is 0 Å². The first-order chi connectivity index (χ1) is 12.4. The van der Waals surface area contributed by atoms with Crippen LogP contribution in [0.2, 0.25) is 0 Å². The molecule has 160 valence electrons. The second kappa shape index (κ2) is 26.5. The predicted molar refractivity (Wildman–Crippen MR) is 74.0 cm³/mol. The number of carboxylic acids is 6. The molecule has 0 bridgehead atoms. The minimum absolute atomic E-state index is 0. The van der Waals surface area contributed by atoms with Gasteiger partial charge in [-0.3, -0.25) is 0 Å².